The van der Waals surface area contributed by atoms with E-state index in [-0.39, 0.29) is 137 Å². The summed E-state index contributed by atoms with van der Waals surface area (Å²) in [5.74, 6) is -3.20. The first-order valence-electron chi connectivity index (χ1n) is 34.2. The van der Waals surface area contributed by atoms with E-state index in [1.165, 1.54) is 115 Å². The first kappa shape index (κ1) is 82.1. The molecule has 0 atom stereocenters. The van der Waals surface area contributed by atoms with Crippen LogP contribution in [-0.2, 0) is 0 Å². The molecule has 0 bridgehead atoms. The molecule has 4 fully saturated rings. The van der Waals surface area contributed by atoms with Crippen LogP contribution >= 0.6 is 95.9 Å². The molecule has 0 aliphatic carbocycles. The third-order valence-corrected chi connectivity index (χ3v) is 22.2. The van der Waals surface area contributed by atoms with E-state index in [1.807, 2.05) is 37.5 Å². The van der Waals surface area contributed by atoms with Gasteiger partial charge < -0.3 is 40.6 Å². The van der Waals surface area contributed by atoms with Gasteiger partial charge in [-0.1, -0.05) is 149 Å². The van der Waals surface area contributed by atoms with Crippen LogP contribution in [0.2, 0.25) is 0 Å². The summed E-state index contributed by atoms with van der Waals surface area (Å²) in [7, 11) is 0. The molecule has 8 heterocycles. The highest BCUT2D eigenvalue weighted by molar-refractivity contribution is 8.24. The minimum absolute atomic E-state index is 0.0528. The van der Waals surface area contributed by atoms with Crippen molar-refractivity contribution in [3.63, 3.8) is 0 Å². The zero-order valence-electron chi connectivity index (χ0n) is 58.1. The second-order valence-corrected chi connectivity index (χ2v) is 30.6. The number of thioether (sulfide) groups is 4. The third kappa shape index (κ3) is 21.2. The molecule has 30 nitrogen and oxygen atoms in total. The van der Waals surface area contributed by atoms with Crippen LogP contribution in [-0.4, -0.2) is 254 Å². The van der Waals surface area contributed by atoms with Gasteiger partial charge in [-0.15, -0.1) is 18.9 Å². The van der Waals surface area contributed by atoms with Crippen LogP contribution in [0.3, 0.4) is 0 Å². The van der Waals surface area contributed by atoms with E-state index in [0.29, 0.717) is 118 Å². The molecule has 4 aromatic rings. The van der Waals surface area contributed by atoms with Gasteiger partial charge in [-0.2, -0.15) is 0 Å². The van der Waals surface area contributed by atoms with Crippen LogP contribution in [0.15, 0.2) is 67.7 Å². The SMILES string of the molecule is CCCCOn1c(C(=O)N2CCSC2=S)ccc(C(=O)NCCN(CCNC(=O)c2ccc(C(=O)N3CCSC3=S)n(OCCCC)c2=O)CCN(CCNC(=O)c2ccc(C(=O)N3CCSC3=S)n(OCCCC)c2=O)CCNC(=O)c2ccc(C(=O)N3CCSC3=S)n(OCCCC)c2=O)c1=O. The average molecular weight is 1590 g/mol. The maximum Gasteiger partial charge on any atom is 0.296 e. The van der Waals surface area contributed by atoms with Gasteiger partial charge in [-0.3, -0.25) is 86.9 Å². The van der Waals surface area contributed by atoms with Crippen molar-refractivity contribution in [1.82, 2.24) is 69.6 Å². The Morgan fingerprint density at radius 3 is 0.750 bits per heavy atom. The molecule has 4 saturated heterocycles. The molecule has 0 radical (unpaired) electrons. The lowest BCUT2D eigenvalue weighted by Gasteiger charge is -2.28. The van der Waals surface area contributed by atoms with E-state index >= 15 is 0 Å². The van der Waals surface area contributed by atoms with Crippen LogP contribution in [0.1, 0.15) is 162 Å². The summed E-state index contributed by atoms with van der Waals surface area (Å²) in [4.78, 5) is 200. The highest BCUT2D eigenvalue weighted by Gasteiger charge is 2.34. The van der Waals surface area contributed by atoms with Crippen molar-refractivity contribution in [2.24, 2.45) is 0 Å². The van der Waals surface area contributed by atoms with Crippen LogP contribution in [0.25, 0.3) is 0 Å². The number of carbonyl (C=O) groups excluding carboxylic acids is 8. The van der Waals surface area contributed by atoms with Crippen molar-refractivity contribution in [2.45, 2.75) is 79.1 Å². The summed E-state index contributed by atoms with van der Waals surface area (Å²) in [6.45, 7) is 9.25. The molecule has 4 N–H and O–H groups in total. The maximum atomic E-state index is 14.1. The fraction of sp³-hybridized carbons (Fsp3) is 0.515. The molecular weight excluding hydrogens is 1500 g/mol. The Bertz CT molecular complexity index is 3640. The molecular formula is C66H84N14O16S8. The first-order chi connectivity index (χ1) is 50.1. The fourth-order valence-corrected chi connectivity index (χ4v) is 15.4. The van der Waals surface area contributed by atoms with Crippen LogP contribution in [0.4, 0.5) is 0 Å². The van der Waals surface area contributed by atoms with E-state index in [9.17, 15) is 57.5 Å². The van der Waals surface area contributed by atoms with Crippen LogP contribution < -0.4 is 62.9 Å². The number of nitrogens with one attached hydrogen (secondary N) is 4. The number of hydrogen-bond acceptors (Lipinski definition) is 26. The van der Waals surface area contributed by atoms with Gasteiger partial charge in [0, 0.05) is 115 Å². The number of aromatic nitrogens is 4. The molecule has 562 valence electrons. The lowest BCUT2D eigenvalue weighted by molar-refractivity contribution is 0.0684. The zero-order chi connectivity index (χ0) is 75.0. The Kier molecular flexibility index (Phi) is 32.2. The second kappa shape index (κ2) is 40.8. The summed E-state index contributed by atoms with van der Waals surface area (Å²) < 4.78 is 4.62. The minimum Gasteiger partial charge on any atom is -0.410 e. The van der Waals surface area contributed by atoms with E-state index < -0.39 is 69.5 Å². The molecule has 0 saturated carbocycles. The number of pyridine rings is 4. The smallest absolute Gasteiger partial charge is 0.296 e. The first-order valence-corrected chi connectivity index (χ1v) is 39.8. The Labute approximate surface area is 638 Å². The standard InChI is InChI=1S/C66H84N14O16S8/c1-5-9-35-93-77-47(59(89)73-31-39-101-63(73)97)17-13-43(55(77)85)51(81)67-21-25-71(26-22-68-52(82)44-14-18-48(60(90)74-32-40-102-64(74)98)78(56(44)86)94-36-10-6-2)29-30-72(27-23-69-53(83)45-15-19-49(61(91)75-33-41-103-65(75)99)79(57(45)87)95-37-11-7-3)28-24-70-54(84)46-16-20-50(62(92)76-34-42-104-66(76)100)80(58(46)88)96-38-12-8-4/h13-20H,5-12,21-42H2,1-4H3,(H,67,81)(H,68,82)(H,69,83)(H,70,84). The molecule has 8 rings (SSSR count). The number of thiocarbonyl (C=S) groups is 4. The summed E-state index contributed by atoms with van der Waals surface area (Å²) in [6.07, 6.45) is 4.96. The summed E-state index contributed by atoms with van der Waals surface area (Å²) in [6, 6.07) is 10.3. The quantitative estimate of drug-likeness (QED) is 0.0369. The lowest BCUT2D eigenvalue weighted by atomic mass is 10.2. The van der Waals surface area contributed by atoms with Gasteiger partial charge in [0.15, 0.2) is 0 Å². The molecule has 0 spiro atoms. The zero-order valence-corrected chi connectivity index (χ0v) is 64.6. The van der Waals surface area contributed by atoms with Crippen molar-refractivity contribution in [3.05, 3.63) is 135 Å². The number of carbonyl (C=O) groups is 8. The molecule has 4 aromatic heterocycles. The number of hydrogen-bond donors (Lipinski definition) is 4. The highest BCUT2D eigenvalue weighted by Crippen LogP contribution is 2.24. The summed E-state index contributed by atoms with van der Waals surface area (Å²) >= 11 is 26.9. The van der Waals surface area contributed by atoms with Crippen molar-refractivity contribution >= 4 is 160 Å². The molecule has 104 heavy (non-hydrogen) atoms. The Hall–Kier alpha value is -7.56. The van der Waals surface area contributed by atoms with Gasteiger partial charge in [0.05, 0.1) is 0 Å². The molecule has 38 heteroatoms. The molecule has 4 aliphatic rings. The Balaban J connectivity index is 1.06. The number of nitrogens with zero attached hydrogens (tertiary/aromatic N) is 10. The normalized spacial score (nSPS) is 14.4. The van der Waals surface area contributed by atoms with Crippen molar-refractivity contribution in [2.75, 3.05) is 141 Å². The maximum absolute atomic E-state index is 14.1. The topological polar surface area (TPSA) is 329 Å². The van der Waals surface area contributed by atoms with Gasteiger partial charge in [0.25, 0.3) is 69.5 Å². The number of rotatable bonds is 39. The Morgan fingerprint density at radius 1 is 0.356 bits per heavy atom. The van der Waals surface area contributed by atoms with Gasteiger partial charge >= 0.3 is 0 Å². The minimum atomic E-state index is -0.887. The molecule has 4 aliphatic heterocycles. The summed E-state index contributed by atoms with van der Waals surface area (Å²) in [5, 5.41) is 11.2. The third-order valence-electron chi connectivity index (χ3n) is 16.5. The molecule has 0 unspecified atom stereocenters. The van der Waals surface area contributed by atoms with Gasteiger partial charge in [-0.05, 0) is 74.2 Å². The second-order valence-electron chi connectivity index (χ2n) is 23.7. The van der Waals surface area contributed by atoms with Gasteiger partial charge in [0.2, 0.25) is 0 Å². The largest absolute Gasteiger partial charge is 0.410 e. The van der Waals surface area contributed by atoms with Crippen molar-refractivity contribution < 1.29 is 57.7 Å². The molecule has 8 amide bonds. The predicted molar refractivity (Wildman–Crippen MR) is 415 cm³/mol. The van der Waals surface area contributed by atoms with E-state index in [4.69, 9.17) is 68.2 Å². The lowest BCUT2D eigenvalue weighted by Crippen LogP contribution is -2.47. The average Bonchev–Trinajstić information content (AvgIpc) is 1.35. The Morgan fingerprint density at radius 2 is 0.567 bits per heavy atom. The molecule has 0 aromatic carbocycles. The van der Waals surface area contributed by atoms with Crippen LogP contribution in [0.5, 0.6) is 0 Å². The van der Waals surface area contributed by atoms with Crippen molar-refractivity contribution in [1.29, 1.82) is 0 Å². The number of unbranched alkanes of at least 4 members (excludes halogenated alkanes) is 4. The number of amides is 8. The monoisotopic (exact) mass is 1580 g/mol. The van der Waals surface area contributed by atoms with E-state index in [0.717, 1.165) is 18.9 Å². The summed E-state index contributed by atoms with van der Waals surface area (Å²) in [5.41, 5.74) is -5.36. The van der Waals surface area contributed by atoms with Gasteiger partial charge in [-0.25, -0.2) is 0 Å². The predicted octanol–water partition coefficient (Wildman–Crippen LogP) is 2.77. The van der Waals surface area contributed by atoms with Crippen LogP contribution in [0, 0.1) is 0 Å². The highest BCUT2D eigenvalue weighted by atomic mass is 32.2. The van der Waals surface area contributed by atoms with Gasteiger partial charge in [0.1, 0.15) is 88.7 Å². The van der Waals surface area contributed by atoms with Crippen molar-refractivity contribution in [3.8, 4) is 0 Å². The van der Waals surface area contributed by atoms with E-state index in [2.05, 4.69) is 21.3 Å². The van der Waals surface area contributed by atoms with E-state index in [1.54, 1.807) is 0 Å². The fourth-order valence-electron chi connectivity index (χ4n) is 10.6.